The van der Waals surface area contributed by atoms with E-state index in [4.69, 9.17) is 0 Å². The summed E-state index contributed by atoms with van der Waals surface area (Å²) in [6.07, 6.45) is 9.37. The summed E-state index contributed by atoms with van der Waals surface area (Å²) in [5, 5.41) is 1.04. The SMILES string of the molecule is CN1CC2CCC(C1)N2C(=O)[C@]12C[C@H]1c1cc(F)ccc1-c1c(C3CCCCC3)c3ccc(C(=O)NS(=O)(=O)C4(C)CC4)cc3n1C2. The predicted octanol–water partition coefficient (Wildman–Crippen LogP) is 5.90. The zero-order valence-electron chi connectivity index (χ0n) is 27.2. The third kappa shape index (κ3) is 4.42. The Kier molecular flexibility index (Phi) is 6.44. The molecule has 248 valence electrons. The van der Waals surface area contributed by atoms with Gasteiger partial charge in [0.15, 0.2) is 0 Å². The molecule has 3 saturated carbocycles. The quantitative estimate of drug-likeness (QED) is 0.369. The number of piperazine rings is 1. The van der Waals surface area contributed by atoms with Gasteiger partial charge in [-0.3, -0.25) is 9.59 Å². The van der Waals surface area contributed by atoms with E-state index in [1.165, 1.54) is 18.1 Å². The number of aromatic nitrogens is 1. The summed E-state index contributed by atoms with van der Waals surface area (Å²) in [6.45, 7) is 3.87. The number of nitrogens with one attached hydrogen (secondary N) is 1. The van der Waals surface area contributed by atoms with Crippen LogP contribution in [0.2, 0.25) is 0 Å². The summed E-state index contributed by atoms with van der Waals surface area (Å²) in [5.74, 6) is -0.500. The van der Waals surface area contributed by atoms with Crippen LogP contribution in [-0.2, 0) is 21.4 Å². The Morgan fingerprint density at radius 3 is 2.38 bits per heavy atom. The molecule has 4 atom stereocenters. The number of sulfonamides is 1. The van der Waals surface area contributed by atoms with Gasteiger partial charge in [0, 0.05) is 59.7 Å². The van der Waals surface area contributed by atoms with Gasteiger partial charge in [0.05, 0.1) is 15.9 Å². The van der Waals surface area contributed by atoms with Crippen LogP contribution >= 0.6 is 0 Å². The van der Waals surface area contributed by atoms with Crippen LogP contribution in [0.1, 0.15) is 104 Å². The number of amides is 2. The van der Waals surface area contributed by atoms with E-state index in [1.54, 1.807) is 19.1 Å². The molecule has 2 aromatic carbocycles. The minimum Gasteiger partial charge on any atom is -0.339 e. The van der Waals surface area contributed by atoms with Crippen molar-refractivity contribution in [2.45, 2.75) is 106 Å². The second-order valence-corrected chi connectivity index (χ2v) is 18.0. The van der Waals surface area contributed by atoms with Gasteiger partial charge >= 0.3 is 0 Å². The van der Waals surface area contributed by atoms with Gasteiger partial charge in [-0.15, -0.1) is 0 Å². The monoisotopic (exact) mass is 658 g/mol. The molecule has 6 aliphatic rings. The molecular formula is C37H43FN4O4S. The first-order chi connectivity index (χ1) is 22.5. The molecule has 5 fully saturated rings. The average Bonchev–Trinajstić information content (AvgIpc) is 3.93. The van der Waals surface area contributed by atoms with Crippen molar-refractivity contribution in [3.05, 3.63) is 58.9 Å². The summed E-state index contributed by atoms with van der Waals surface area (Å²) >= 11 is 0. The Morgan fingerprint density at radius 2 is 1.68 bits per heavy atom. The number of benzene rings is 2. The number of carbonyl (C=O) groups excluding carboxylic acids is 2. The Hall–Kier alpha value is -3.24. The number of carbonyl (C=O) groups is 2. The highest BCUT2D eigenvalue weighted by Crippen LogP contribution is 2.66. The molecule has 3 aromatic rings. The van der Waals surface area contributed by atoms with Gasteiger partial charge in [-0.05, 0) is 106 Å². The first kappa shape index (κ1) is 29.9. The van der Waals surface area contributed by atoms with Crippen LogP contribution in [-0.4, -0.2) is 71.6 Å². The second-order valence-electron chi connectivity index (χ2n) is 15.8. The zero-order valence-corrected chi connectivity index (χ0v) is 28.0. The summed E-state index contributed by atoms with van der Waals surface area (Å²) in [6, 6.07) is 11.0. The Labute approximate surface area is 275 Å². The first-order valence-corrected chi connectivity index (χ1v) is 19.0. The van der Waals surface area contributed by atoms with E-state index >= 15 is 4.39 Å². The maximum atomic E-state index is 15.1. The molecule has 3 aliphatic carbocycles. The molecule has 8 nitrogen and oxygen atoms in total. The van der Waals surface area contributed by atoms with Gasteiger partial charge in [0.25, 0.3) is 5.91 Å². The van der Waals surface area contributed by atoms with E-state index in [0.29, 0.717) is 31.7 Å². The lowest BCUT2D eigenvalue weighted by atomic mass is 9.81. The molecule has 1 aromatic heterocycles. The van der Waals surface area contributed by atoms with Crippen molar-refractivity contribution in [3.8, 4) is 11.3 Å². The molecule has 2 bridgehead atoms. The van der Waals surface area contributed by atoms with Crippen molar-refractivity contribution in [1.82, 2.24) is 19.1 Å². The van der Waals surface area contributed by atoms with Crippen LogP contribution in [0.15, 0.2) is 36.4 Å². The van der Waals surface area contributed by atoms with Crippen LogP contribution < -0.4 is 4.72 Å². The fourth-order valence-electron chi connectivity index (χ4n) is 9.74. The lowest BCUT2D eigenvalue weighted by molar-refractivity contribution is -0.143. The second kappa shape index (κ2) is 10.1. The van der Waals surface area contributed by atoms with Gasteiger partial charge in [-0.1, -0.05) is 25.3 Å². The summed E-state index contributed by atoms with van der Waals surface area (Å²) in [4.78, 5) is 32.9. The number of rotatable bonds is 5. The van der Waals surface area contributed by atoms with Gasteiger partial charge in [0.1, 0.15) is 5.82 Å². The smallest absolute Gasteiger partial charge is 0.264 e. The van der Waals surface area contributed by atoms with E-state index < -0.39 is 26.1 Å². The highest BCUT2D eigenvalue weighted by atomic mass is 32.2. The molecule has 3 aliphatic heterocycles. The highest BCUT2D eigenvalue weighted by Gasteiger charge is 2.65. The maximum Gasteiger partial charge on any atom is 0.264 e. The predicted molar refractivity (Wildman–Crippen MR) is 178 cm³/mol. The number of hydrogen-bond acceptors (Lipinski definition) is 5. The first-order valence-electron chi connectivity index (χ1n) is 17.5. The van der Waals surface area contributed by atoms with E-state index in [2.05, 4.69) is 26.1 Å². The topological polar surface area (TPSA) is 91.7 Å². The van der Waals surface area contributed by atoms with Crippen LogP contribution in [0, 0.1) is 11.2 Å². The van der Waals surface area contributed by atoms with Crippen molar-refractivity contribution < 1.29 is 22.4 Å². The minimum absolute atomic E-state index is 0.0789. The van der Waals surface area contributed by atoms with Crippen molar-refractivity contribution in [2.75, 3.05) is 20.1 Å². The normalized spacial score (nSPS) is 29.5. The van der Waals surface area contributed by atoms with Gasteiger partial charge < -0.3 is 14.4 Å². The average molecular weight is 659 g/mol. The highest BCUT2D eigenvalue weighted by molar-refractivity contribution is 7.91. The molecule has 10 heteroatoms. The van der Waals surface area contributed by atoms with Crippen molar-refractivity contribution in [1.29, 1.82) is 0 Å². The zero-order chi connectivity index (χ0) is 32.5. The number of hydrogen-bond donors (Lipinski definition) is 1. The van der Waals surface area contributed by atoms with E-state index in [9.17, 15) is 18.0 Å². The van der Waals surface area contributed by atoms with Crippen LogP contribution in [0.3, 0.4) is 0 Å². The Morgan fingerprint density at radius 1 is 0.957 bits per heavy atom. The molecule has 0 spiro atoms. The molecular weight excluding hydrogens is 615 g/mol. The lowest BCUT2D eigenvalue weighted by Crippen LogP contribution is -2.57. The van der Waals surface area contributed by atoms with Gasteiger partial charge in [-0.2, -0.15) is 0 Å². The van der Waals surface area contributed by atoms with E-state index in [-0.39, 0.29) is 35.3 Å². The van der Waals surface area contributed by atoms with Crippen LogP contribution in [0.5, 0.6) is 0 Å². The molecule has 9 rings (SSSR count). The molecule has 1 N–H and O–H groups in total. The van der Waals surface area contributed by atoms with Gasteiger partial charge in [-0.25, -0.2) is 17.5 Å². The van der Waals surface area contributed by atoms with Gasteiger partial charge in [0.2, 0.25) is 15.9 Å². The molecule has 2 unspecified atom stereocenters. The van der Waals surface area contributed by atoms with Crippen molar-refractivity contribution >= 4 is 32.7 Å². The number of likely N-dealkylation sites (tertiary alicyclic amines) is 1. The molecule has 0 radical (unpaired) electrons. The number of likely N-dealkylation sites (N-methyl/N-ethyl adjacent to an activating group) is 1. The number of halogens is 1. The fraction of sp³-hybridized carbons (Fsp3) is 0.568. The van der Waals surface area contributed by atoms with Crippen molar-refractivity contribution in [3.63, 3.8) is 0 Å². The van der Waals surface area contributed by atoms with Crippen LogP contribution in [0.25, 0.3) is 22.2 Å². The van der Waals surface area contributed by atoms with E-state index in [0.717, 1.165) is 79.3 Å². The largest absolute Gasteiger partial charge is 0.339 e. The molecule has 47 heavy (non-hydrogen) atoms. The Bertz CT molecular complexity index is 1950. The van der Waals surface area contributed by atoms with Crippen LogP contribution in [0.4, 0.5) is 4.39 Å². The van der Waals surface area contributed by atoms with E-state index in [1.807, 2.05) is 18.2 Å². The molecule has 4 heterocycles. The fourth-order valence-corrected chi connectivity index (χ4v) is 11.0. The number of fused-ring (bicyclic) bond motifs is 9. The maximum absolute atomic E-state index is 15.1. The Balaban J connectivity index is 1.22. The summed E-state index contributed by atoms with van der Waals surface area (Å²) in [7, 11) is -1.68. The third-order valence-corrected chi connectivity index (χ3v) is 14.9. The summed E-state index contributed by atoms with van der Waals surface area (Å²) < 4.78 is 44.8. The minimum atomic E-state index is -3.81. The standard InChI is InChI=1S/C37H43FN4O4S/c1-36(14-15-36)47(45,46)39-34(43)23-8-12-28-31(16-23)41-21-37(35(44)42-25-10-11-26(42)20-40(2)19-25)18-30(37)29-17-24(38)9-13-27(29)33(41)32(28)22-6-4-3-5-7-22/h8-9,12-13,16-17,22,25-26,30H,3-7,10-11,14-15,18-21H2,1-2H3,(H,39,43)/t25?,26?,30-,37-/m0/s1. The number of nitrogens with zero attached hydrogens (tertiary/aromatic N) is 3. The third-order valence-electron chi connectivity index (χ3n) is 12.7. The molecule has 2 saturated heterocycles. The summed E-state index contributed by atoms with van der Waals surface area (Å²) in [5.41, 5.74) is 4.60. The lowest BCUT2D eigenvalue weighted by Gasteiger charge is -2.41. The van der Waals surface area contributed by atoms with Crippen molar-refractivity contribution in [2.24, 2.45) is 5.41 Å². The molecule has 2 amide bonds.